The van der Waals surface area contributed by atoms with E-state index in [1.165, 1.54) is 0 Å². The van der Waals surface area contributed by atoms with Gasteiger partial charge in [0.25, 0.3) is 0 Å². The maximum Gasteiger partial charge on any atom is 0.321 e. The van der Waals surface area contributed by atoms with Crippen molar-refractivity contribution in [1.29, 1.82) is 0 Å². The van der Waals surface area contributed by atoms with Gasteiger partial charge in [-0.1, -0.05) is 6.92 Å². The van der Waals surface area contributed by atoms with E-state index in [-0.39, 0.29) is 6.04 Å². The van der Waals surface area contributed by atoms with Gasteiger partial charge in [0.05, 0.1) is 0 Å². The highest BCUT2D eigenvalue weighted by Crippen LogP contribution is 2.35. The van der Waals surface area contributed by atoms with Crippen LogP contribution in [0.2, 0.25) is 0 Å². The van der Waals surface area contributed by atoms with Crippen molar-refractivity contribution >= 4 is 5.97 Å². The lowest BCUT2D eigenvalue weighted by atomic mass is 10.1. The average molecular weight is 171 g/mol. The molecule has 1 atom stereocenters. The van der Waals surface area contributed by atoms with Gasteiger partial charge in [0.1, 0.15) is 6.04 Å². The average Bonchev–Trinajstić information content (AvgIpc) is 2.71. The lowest BCUT2D eigenvalue weighted by Gasteiger charge is -2.23. The van der Waals surface area contributed by atoms with Gasteiger partial charge in [-0.3, -0.25) is 9.69 Å². The van der Waals surface area contributed by atoms with Crippen LogP contribution in [-0.4, -0.2) is 35.6 Å². The molecule has 0 saturated heterocycles. The molecular formula is C9H17NO2. The summed E-state index contributed by atoms with van der Waals surface area (Å²) in [5.74, 6) is -0.243. The fraction of sp³-hybridized carbons (Fsp3) is 0.889. The summed E-state index contributed by atoms with van der Waals surface area (Å²) in [6.07, 6.45) is 3.20. The van der Waals surface area contributed by atoms with Crippen LogP contribution in [0, 0.1) is 5.92 Å². The number of carboxylic acids is 1. The molecule has 1 saturated carbocycles. The molecule has 1 aliphatic rings. The van der Waals surface area contributed by atoms with Crippen LogP contribution in [0.25, 0.3) is 0 Å². The minimum absolute atomic E-state index is 0.232. The molecule has 0 aromatic carbocycles. The first-order valence-electron chi connectivity index (χ1n) is 4.59. The van der Waals surface area contributed by atoms with Gasteiger partial charge in [0.2, 0.25) is 0 Å². The number of carboxylic acid groups (broad SMARTS) is 1. The summed E-state index contributed by atoms with van der Waals surface area (Å²) in [4.78, 5) is 12.8. The minimum atomic E-state index is -0.659. The molecule has 0 radical (unpaired) electrons. The van der Waals surface area contributed by atoms with E-state index in [1.807, 2.05) is 11.9 Å². The second kappa shape index (κ2) is 3.90. The minimum Gasteiger partial charge on any atom is -0.480 e. The molecule has 12 heavy (non-hydrogen) atoms. The highest BCUT2D eigenvalue weighted by Gasteiger charge is 2.38. The van der Waals surface area contributed by atoms with Gasteiger partial charge in [-0.2, -0.15) is 0 Å². The van der Waals surface area contributed by atoms with Crippen LogP contribution in [0.15, 0.2) is 0 Å². The summed E-state index contributed by atoms with van der Waals surface area (Å²) in [6.45, 7) is 2.95. The Kier molecular flexibility index (Phi) is 3.09. The molecular weight excluding hydrogens is 154 g/mol. The first-order chi connectivity index (χ1) is 5.66. The van der Waals surface area contributed by atoms with E-state index in [2.05, 4.69) is 6.92 Å². The van der Waals surface area contributed by atoms with E-state index < -0.39 is 5.97 Å². The maximum absolute atomic E-state index is 10.9. The highest BCUT2D eigenvalue weighted by molar-refractivity contribution is 5.74. The van der Waals surface area contributed by atoms with Gasteiger partial charge in [-0.15, -0.1) is 0 Å². The van der Waals surface area contributed by atoms with Crippen LogP contribution in [0.3, 0.4) is 0 Å². The molecule has 1 rings (SSSR count). The summed E-state index contributed by atoms with van der Waals surface area (Å²) in [6, 6.07) is -0.232. The highest BCUT2D eigenvalue weighted by atomic mass is 16.4. The number of rotatable bonds is 5. The van der Waals surface area contributed by atoms with Crippen LogP contribution >= 0.6 is 0 Å². The standard InChI is InChI=1S/C9H17NO2/c1-3-6-10(2)8(9(11)12)7-4-5-7/h7-8H,3-6H2,1-2H3,(H,11,12). The quantitative estimate of drug-likeness (QED) is 0.675. The van der Waals surface area contributed by atoms with Crippen LogP contribution in [-0.2, 0) is 4.79 Å². The Labute approximate surface area is 73.4 Å². The van der Waals surface area contributed by atoms with E-state index in [4.69, 9.17) is 5.11 Å². The normalized spacial score (nSPS) is 19.6. The fourth-order valence-electron chi connectivity index (χ4n) is 1.65. The Bertz CT molecular complexity index is 166. The molecule has 3 heteroatoms. The van der Waals surface area contributed by atoms with Gasteiger partial charge in [-0.05, 0) is 38.8 Å². The number of aliphatic carboxylic acids is 1. The van der Waals surface area contributed by atoms with Crippen LogP contribution < -0.4 is 0 Å². The zero-order valence-corrected chi connectivity index (χ0v) is 7.79. The molecule has 1 unspecified atom stereocenters. The molecule has 0 aromatic heterocycles. The Morgan fingerprint density at radius 1 is 1.67 bits per heavy atom. The monoisotopic (exact) mass is 171 g/mol. The second-order valence-electron chi connectivity index (χ2n) is 3.60. The van der Waals surface area contributed by atoms with E-state index in [9.17, 15) is 4.79 Å². The summed E-state index contributed by atoms with van der Waals surface area (Å²) in [5.41, 5.74) is 0. The van der Waals surface area contributed by atoms with Crippen molar-refractivity contribution < 1.29 is 9.90 Å². The zero-order chi connectivity index (χ0) is 9.14. The molecule has 1 fully saturated rings. The van der Waals surface area contributed by atoms with Crippen molar-refractivity contribution in [2.45, 2.75) is 32.2 Å². The summed E-state index contributed by atoms with van der Waals surface area (Å²) < 4.78 is 0. The van der Waals surface area contributed by atoms with Crippen molar-refractivity contribution in [3.63, 3.8) is 0 Å². The molecule has 0 spiro atoms. The first kappa shape index (κ1) is 9.52. The number of hydrogen-bond acceptors (Lipinski definition) is 2. The lowest BCUT2D eigenvalue weighted by molar-refractivity contribution is -0.143. The number of nitrogens with zero attached hydrogens (tertiary/aromatic N) is 1. The second-order valence-corrected chi connectivity index (χ2v) is 3.60. The van der Waals surface area contributed by atoms with Gasteiger partial charge < -0.3 is 5.11 Å². The Balaban J connectivity index is 2.46. The summed E-state index contributed by atoms with van der Waals surface area (Å²) >= 11 is 0. The molecule has 1 N–H and O–H groups in total. The molecule has 1 aliphatic carbocycles. The van der Waals surface area contributed by atoms with Gasteiger partial charge in [-0.25, -0.2) is 0 Å². The third-order valence-electron chi connectivity index (χ3n) is 2.37. The summed E-state index contributed by atoms with van der Waals surface area (Å²) in [5, 5.41) is 8.94. The van der Waals surface area contributed by atoms with Crippen molar-refractivity contribution in [1.82, 2.24) is 4.90 Å². The lowest BCUT2D eigenvalue weighted by Crippen LogP contribution is -2.40. The van der Waals surface area contributed by atoms with E-state index in [0.717, 1.165) is 25.8 Å². The molecule has 0 heterocycles. The Hall–Kier alpha value is -0.570. The van der Waals surface area contributed by atoms with Gasteiger partial charge >= 0.3 is 5.97 Å². The van der Waals surface area contributed by atoms with Crippen LogP contribution in [0.4, 0.5) is 0 Å². The zero-order valence-electron chi connectivity index (χ0n) is 7.79. The molecule has 0 amide bonds. The predicted octanol–water partition coefficient (Wildman–Crippen LogP) is 1.19. The fourth-order valence-corrected chi connectivity index (χ4v) is 1.65. The summed E-state index contributed by atoms with van der Waals surface area (Å²) in [7, 11) is 1.90. The largest absolute Gasteiger partial charge is 0.480 e. The third-order valence-corrected chi connectivity index (χ3v) is 2.37. The van der Waals surface area contributed by atoms with E-state index >= 15 is 0 Å². The molecule has 0 bridgehead atoms. The number of carbonyl (C=O) groups is 1. The van der Waals surface area contributed by atoms with Crippen LogP contribution in [0.1, 0.15) is 26.2 Å². The maximum atomic E-state index is 10.9. The topological polar surface area (TPSA) is 40.5 Å². The SMILES string of the molecule is CCCN(C)C(C(=O)O)C1CC1. The Morgan fingerprint density at radius 3 is 2.58 bits per heavy atom. The van der Waals surface area contributed by atoms with E-state index in [0.29, 0.717) is 5.92 Å². The van der Waals surface area contributed by atoms with Gasteiger partial charge in [0.15, 0.2) is 0 Å². The van der Waals surface area contributed by atoms with Crippen molar-refractivity contribution in [2.75, 3.05) is 13.6 Å². The van der Waals surface area contributed by atoms with Crippen molar-refractivity contribution in [3.05, 3.63) is 0 Å². The predicted molar refractivity (Wildman–Crippen MR) is 47.1 cm³/mol. The molecule has 70 valence electrons. The molecule has 0 aromatic rings. The smallest absolute Gasteiger partial charge is 0.321 e. The molecule has 3 nitrogen and oxygen atoms in total. The van der Waals surface area contributed by atoms with Gasteiger partial charge in [0, 0.05) is 0 Å². The molecule has 0 aliphatic heterocycles. The van der Waals surface area contributed by atoms with Crippen molar-refractivity contribution in [2.24, 2.45) is 5.92 Å². The van der Waals surface area contributed by atoms with Crippen LogP contribution in [0.5, 0.6) is 0 Å². The third kappa shape index (κ3) is 2.21. The first-order valence-corrected chi connectivity index (χ1v) is 4.59. The van der Waals surface area contributed by atoms with E-state index in [1.54, 1.807) is 0 Å². The number of hydrogen-bond donors (Lipinski definition) is 1. The van der Waals surface area contributed by atoms with Crippen molar-refractivity contribution in [3.8, 4) is 0 Å². The number of likely N-dealkylation sites (N-methyl/N-ethyl adjacent to an activating group) is 1. The Morgan fingerprint density at radius 2 is 2.25 bits per heavy atom.